The van der Waals surface area contributed by atoms with Crippen molar-refractivity contribution in [3.63, 3.8) is 0 Å². The van der Waals surface area contributed by atoms with Gasteiger partial charge in [-0.2, -0.15) is 0 Å². The molecule has 0 aliphatic heterocycles. The molecule has 0 aliphatic carbocycles. The van der Waals surface area contributed by atoms with E-state index in [-0.39, 0.29) is 32.0 Å². The minimum absolute atomic E-state index is 0.0304. The Hall–Kier alpha value is -2.29. The van der Waals surface area contributed by atoms with Crippen molar-refractivity contribution in [1.29, 1.82) is 0 Å². The topological polar surface area (TPSA) is 111 Å². The van der Waals surface area contributed by atoms with Gasteiger partial charge >= 0.3 is 11.9 Å². The standard InChI is InChI=1S/C70H130NO8P/c1-6-8-10-12-14-16-18-20-22-23-24-25-26-27-28-29-30-31-32-33-34-35-36-37-38-39-40-41-42-43-44-45-46-47-49-51-53-55-57-59-61-63-70(73)79-68(67-78-80(74,75)77-65-64-71(3,4)5)66-76-69(72)62-60-58-56-54-52-50-48-21-19-17-15-13-11-9-7-2/h8,10,14,16,20-22,24-25,48,68H,6-7,9,11-13,15,17-19,23,26-47,49-67H2,1-5H3/b10-8-,16-14-,22-20-,25-24-,48-21-. The van der Waals surface area contributed by atoms with Gasteiger partial charge in [0.15, 0.2) is 6.10 Å². The van der Waals surface area contributed by atoms with Gasteiger partial charge in [-0.05, 0) is 77.0 Å². The Bertz CT molecular complexity index is 1530. The van der Waals surface area contributed by atoms with E-state index >= 15 is 0 Å². The van der Waals surface area contributed by atoms with Gasteiger partial charge in [-0.15, -0.1) is 0 Å². The van der Waals surface area contributed by atoms with Crippen molar-refractivity contribution >= 4 is 19.8 Å². The zero-order valence-electron chi connectivity index (χ0n) is 53.3. The average Bonchev–Trinajstić information content (AvgIpc) is 3.42. The lowest BCUT2D eigenvalue weighted by atomic mass is 10.0. The van der Waals surface area contributed by atoms with Crippen LogP contribution in [0.4, 0.5) is 0 Å². The second-order valence-electron chi connectivity index (χ2n) is 24.2. The monoisotopic (exact) mass is 1140 g/mol. The first-order valence-electron chi connectivity index (χ1n) is 34.0. The first kappa shape index (κ1) is 77.7. The van der Waals surface area contributed by atoms with Crippen LogP contribution in [-0.2, 0) is 32.7 Å². The number of phosphoric acid groups is 1. The van der Waals surface area contributed by atoms with Crippen LogP contribution in [0, 0.1) is 0 Å². The third-order valence-electron chi connectivity index (χ3n) is 15.0. The largest absolute Gasteiger partial charge is 0.756 e. The van der Waals surface area contributed by atoms with Crippen LogP contribution >= 0.6 is 7.82 Å². The SMILES string of the molecule is CC/C=C\C/C=C\C/C=C\C/C=C\CCCCCCCCCCCCCCCCCCCCCCCCCCCCCCC(=O)OC(COC(=O)CCCCCCC/C=C\CCCCCCCC)COP(=O)([O-])OCC[N+](C)(C)C. The maximum Gasteiger partial charge on any atom is 0.306 e. The Balaban J connectivity index is 3.86. The van der Waals surface area contributed by atoms with Crippen molar-refractivity contribution in [3.8, 4) is 0 Å². The summed E-state index contributed by atoms with van der Waals surface area (Å²) in [6, 6.07) is 0. The molecule has 0 aromatic carbocycles. The summed E-state index contributed by atoms with van der Waals surface area (Å²) in [4.78, 5) is 37.9. The number of allylic oxidation sites excluding steroid dienone is 10. The van der Waals surface area contributed by atoms with E-state index in [0.717, 1.165) is 77.0 Å². The number of likely N-dealkylation sites (N-methyl/N-ethyl adjacent to an activating group) is 1. The van der Waals surface area contributed by atoms with Crippen molar-refractivity contribution in [3.05, 3.63) is 60.8 Å². The van der Waals surface area contributed by atoms with E-state index in [4.69, 9.17) is 18.5 Å². The van der Waals surface area contributed by atoms with Crippen LogP contribution in [0.3, 0.4) is 0 Å². The number of unbranched alkanes of at least 4 members (excludes halogenated alkanes) is 39. The van der Waals surface area contributed by atoms with E-state index in [1.54, 1.807) is 0 Å². The van der Waals surface area contributed by atoms with Gasteiger partial charge in [-0.1, -0.05) is 293 Å². The highest BCUT2D eigenvalue weighted by Crippen LogP contribution is 2.38. The van der Waals surface area contributed by atoms with Crippen LogP contribution in [-0.4, -0.2) is 70.0 Å². The van der Waals surface area contributed by atoms with Crippen molar-refractivity contribution < 1.29 is 42.1 Å². The summed E-state index contributed by atoms with van der Waals surface area (Å²) in [7, 11) is 1.17. The fourth-order valence-corrected chi connectivity index (χ4v) is 10.6. The molecule has 468 valence electrons. The first-order valence-corrected chi connectivity index (χ1v) is 35.5. The summed E-state index contributed by atoms with van der Waals surface area (Å²) < 4.78 is 34.2. The lowest BCUT2D eigenvalue weighted by Crippen LogP contribution is -2.37. The molecule has 0 heterocycles. The molecule has 0 rings (SSSR count). The van der Waals surface area contributed by atoms with Crippen molar-refractivity contribution in [2.24, 2.45) is 0 Å². The molecule has 2 atom stereocenters. The Morgan fingerprint density at radius 2 is 0.713 bits per heavy atom. The number of ether oxygens (including phenoxy) is 2. The number of quaternary nitrogens is 1. The van der Waals surface area contributed by atoms with Crippen LogP contribution < -0.4 is 4.89 Å². The fourth-order valence-electron chi connectivity index (χ4n) is 9.82. The van der Waals surface area contributed by atoms with Gasteiger partial charge in [0.2, 0.25) is 0 Å². The normalized spacial score (nSPS) is 13.5. The van der Waals surface area contributed by atoms with E-state index in [1.165, 1.54) is 212 Å². The van der Waals surface area contributed by atoms with Gasteiger partial charge in [-0.25, -0.2) is 0 Å². The molecule has 0 aromatic rings. The van der Waals surface area contributed by atoms with E-state index in [1.807, 2.05) is 21.1 Å². The van der Waals surface area contributed by atoms with E-state index in [2.05, 4.69) is 74.6 Å². The molecule has 0 N–H and O–H groups in total. The molecule has 10 heteroatoms. The smallest absolute Gasteiger partial charge is 0.306 e. The zero-order chi connectivity index (χ0) is 58.4. The molecule has 2 unspecified atom stereocenters. The summed E-state index contributed by atoms with van der Waals surface area (Å²) in [5, 5.41) is 0. The summed E-state index contributed by atoms with van der Waals surface area (Å²) >= 11 is 0. The number of carbonyl (C=O) groups is 2. The van der Waals surface area contributed by atoms with E-state index in [9.17, 15) is 19.0 Å². The average molecular weight is 1140 g/mol. The molecule has 0 aromatic heterocycles. The van der Waals surface area contributed by atoms with Gasteiger partial charge in [-0.3, -0.25) is 14.2 Å². The maximum atomic E-state index is 12.8. The predicted octanol–water partition coefficient (Wildman–Crippen LogP) is 21.2. The predicted molar refractivity (Wildman–Crippen MR) is 342 cm³/mol. The molecule has 0 fully saturated rings. The molecule has 0 saturated heterocycles. The lowest BCUT2D eigenvalue weighted by molar-refractivity contribution is -0.870. The molecule has 0 aliphatic rings. The highest BCUT2D eigenvalue weighted by molar-refractivity contribution is 7.45. The molecule has 0 radical (unpaired) electrons. The van der Waals surface area contributed by atoms with E-state index in [0.29, 0.717) is 17.4 Å². The lowest BCUT2D eigenvalue weighted by Gasteiger charge is -2.28. The van der Waals surface area contributed by atoms with Gasteiger partial charge in [0.25, 0.3) is 7.82 Å². The molecular weight excluding hydrogens is 1010 g/mol. The minimum atomic E-state index is -4.64. The third-order valence-corrected chi connectivity index (χ3v) is 16.0. The van der Waals surface area contributed by atoms with Crippen LogP contribution in [0.15, 0.2) is 60.8 Å². The highest BCUT2D eigenvalue weighted by atomic mass is 31.2. The third kappa shape index (κ3) is 64.9. The maximum absolute atomic E-state index is 12.8. The zero-order valence-corrected chi connectivity index (χ0v) is 54.2. The highest BCUT2D eigenvalue weighted by Gasteiger charge is 2.22. The molecule has 0 bridgehead atoms. The van der Waals surface area contributed by atoms with E-state index < -0.39 is 26.5 Å². The summed E-state index contributed by atoms with van der Waals surface area (Å²) in [6.45, 7) is 4.15. The summed E-state index contributed by atoms with van der Waals surface area (Å²) in [6.07, 6.45) is 80.4. The van der Waals surface area contributed by atoms with Gasteiger partial charge in [0.1, 0.15) is 19.8 Å². The molecule has 80 heavy (non-hydrogen) atoms. The number of rotatable bonds is 63. The quantitative estimate of drug-likeness (QED) is 0.0195. The second-order valence-corrected chi connectivity index (χ2v) is 25.6. The summed E-state index contributed by atoms with van der Waals surface area (Å²) in [5.41, 5.74) is 0. The van der Waals surface area contributed by atoms with Crippen molar-refractivity contribution in [1.82, 2.24) is 0 Å². The Kier molecular flexibility index (Phi) is 59.5. The fraction of sp³-hybridized carbons (Fsp3) is 0.829. The Labute approximate surface area is 496 Å². The summed E-state index contributed by atoms with van der Waals surface area (Å²) in [5.74, 6) is -0.829. The number of hydrogen-bond donors (Lipinski definition) is 0. The van der Waals surface area contributed by atoms with Crippen LogP contribution in [0.2, 0.25) is 0 Å². The number of carbonyl (C=O) groups excluding carboxylic acids is 2. The van der Waals surface area contributed by atoms with Crippen LogP contribution in [0.5, 0.6) is 0 Å². The number of hydrogen-bond acceptors (Lipinski definition) is 8. The molecule has 0 saturated carbocycles. The van der Waals surface area contributed by atoms with Gasteiger partial charge in [0, 0.05) is 12.8 Å². The van der Waals surface area contributed by atoms with Crippen LogP contribution in [0.1, 0.15) is 322 Å². The van der Waals surface area contributed by atoms with Gasteiger partial charge in [0.05, 0.1) is 27.7 Å². The minimum Gasteiger partial charge on any atom is -0.756 e. The van der Waals surface area contributed by atoms with Gasteiger partial charge < -0.3 is 27.9 Å². The Morgan fingerprint density at radius 1 is 0.400 bits per heavy atom. The van der Waals surface area contributed by atoms with Crippen molar-refractivity contribution in [2.45, 2.75) is 328 Å². The second kappa shape index (κ2) is 61.3. The number of phosphoric ester groups is 1. The Morgan fingerprint density at radius 3 is 1.07 bits per heavy atom. The first-order chi connectivity index (χ1) is 39.0. The molecule has 9 nitrogen and oxygen atoms in total. The molecule has 0 amide bonds. The molecular formula is C70H130NO8P. The molecule has 0 spiro atoms. The number of esters is 2. The van der Waals surface area contributed by atoms with Crippen LogP contribution in [0.25, 0.3) is 0 Å². The van der Waals surface area contributed by atoms with Crippen molar-refractivity contribution in [2.75, 3.05) is 47.5 Å². The number of nitrogens with zero attached hydrogens (tertiary/aromatic N) is 1.